The SMILES string of the molecule is O=CCCOCCOCCN(CC(O)C(O)C(O)CCO)CC(O)C(O)C(O)CCO. The van der Waals surface area contributed by atoms with Crippen LogP contribution in [0.3, 0.4) is 0 Å². The molecule has 0 aliphatic rings. The van der Waals surface area contributed by atoms with E-state index in [1.165, 1.54) is 4.90 Å². The highest BCUT2D eigenvalue weighted by Crippen LogP contribution is 2.10. The second-order valence-corrected chi connectivity index (χ2v) is 7.21. The van der Waals surface area contributed by atoms with Crippen LogP contribution in [0.2, 0.25) is 0 Å². The zero-order chi connectivity index (χ0) is 23.6. The molecule has 0 amide bonds. The first-order valence-electron chi connectivity index (χ1n) is 10.4. The summed E-state index contributed by atoms with van der Waals surface area (Å²) in [7, 11) is 0. The maximum Gasteiger partial charge on any atom is 0.122 e. The fourth-order valence-electron chi connectivity index (χ4n) is 2.77. The van der Waals surface area contributed by atoms with Gasteiger partial charge in [0, 0.05) is 39.3 Å². The number of aliphatic hydroxyl groups is 8. The van der Waals surface area contributed by atoms with Crippen LogP contribution in [0.15, 0.2) is 0 Å². The Labute approximate surface area is 182 Å². The van der Waals surface area contributed by atoms with Gasteiger partial charge in [-0.05, 0) is 12.8 Å². The fraction of sp³-hybridized carbons (Fsp3) is 0.947. The Morgan fingerprint density at radius 1 is 0.677 bits per heavy atom. The van der Waals surface area contributed by atoms with Crippen molar-refractivity contribution in [2.45, 2.75) is 55.9 Å². The van der Waals surface area contributed by atoms with Crippen molar-refractivity contribution in [1.29, 1.82) is 0 Å². The summed E-state index contributed by atoms with van der Waals surface area (Å²) in [6, 6.07) is 0. The summed E-state index contributed by atoms with van der Waals surface area (Å²) in [6.45, 7) is 0.0148. The van der Waals surface area contributed by atoms with E-state index in [-0.39, 0.29) is 65.5 Å². The van der Waals surface area contributed by atoms with Gasteiger partial charge in [-0.3, -0.25) is 4.90 Å². The molecule has 0 radical (unpaired) electrons. The molecule has 0 aromatic rings. The van der Waals surface area contributed by atoms with Crippen molar-refractivity contribution in [3.63, 3.8) is 0 Å². The molecule has 0 saturated carbocycles. The van der Waals surface area contributed by atoms with Crippen LogP contribution in [0.5, 0.6) is 0 Å². The number of aliphatic hydroxyl groups excluding tert-OH is 8. The van der Waals surface area contributed by atoms with Crippen molar-refractivity contribution in [2.75, 3.05) is 59.3 Å². The van der Waals surface area contributed by atoms with Gasteiger partial charge in [0.05, 0.1) is 50.8 Å². The van der Waals surface area contributed by atoms with Crippen LogP contribution in [0.1, 0.15) is 19.3 Å². The molecule has 0 aliphatic heterocycles. The summed E-state index contributed by atoms with van der Waals surface area (Å²) in [4.78, 5) is 11.7. The summed E-state index contributed by atoms with van der Waals surface area (Å²) in [5, 5.41) is 77.6. The minimum absolute atomic E-state index is 0.125. The molecule has 0 heterocycles. The number of ether oxygens (including phenoxy) is 2. The van der Waals surface area contributed by atoms with Crippen molar-refractivity contribution in [2.24, 2.45) is 0 Å². The van der Waals surface area contributed by atoms with Gasteiger partial charge < -0.3 is 55.1 Å². The summed E-state index contributed by atoms with van der Waals surface area (Å²) in [6.07, 6.45) is -7.81. The molecule has 0 spiro atoms. The fourth-order valence-corrected chi connectivity index (χ4v) is 2.77. The lowest BCUT2D eigenvalue weighted by Gasteiger charge is -2.32. The molecule has 0 aromatic heterocycles. The minimum atomic E-state index is -1.54. The lowest BCUT2D eigenvalue weighted by molar-refractivity contribution is -0.109. The Morgan fingerprint density at radius 2 is 1.13 bits per heavy atom. The van der Waals surface area contributed by atoms with Crippen LogP contribution in [0, 0.1) is 0 Å². The van der Waals surface area contributed by atoms with Crippen LogP contribution in [-0.2, 0) is 14.3 Å². The molecule has 0 aromatic carbocycles. The summed E-state index contributed by atoms with van der Waals surface area (Å²) in [5.74, 6) is 0. The molecule has 0 fully saturated rings. The minimum Gasteiger partial charge on any atom is -0.396 e. The molecule has 0 aliphatic carbocycles. The topological polar surface area (TPSA) is 201 Å². The molecule has 12 nitrogen and oxygen atoms in total. The standard InChI is InChI=1S/C19H39NO11/c21-5-1-8-30-10-11-31-9-4-20(12-16(26)18(28)14(24)2-6-22)13-17(27)19(29)15(25)3-7-23/h5,14-19,22-29H,1-4,6-13H2. The van der Waals surface area contributed by atoms with Crippen molar-refractivity contribution in [3.05, 3.63) is 0 Å². The molecule has 0 rings (SSSR count). The molecular formula is C19H39NO11. The van der Waals surface area contributed by atoms with E-state index in [1.807, 2.05) is 0 Å². The van der Waals surface area contributed by atoms with Gasteiger partial charge in [0.1, 0.15) is 18.5 Å². The van der Waals surface area contributed by atoms with Crippen molar-refractivity contribution in [3.8, 4) is 0 Å². The van der Waals surface area contributed by atoms with Crippen molar-refractivity contribution >= 4 is 6.29 Å². The van der Waals surface area contributed by atoms with Crippen LogP contribution in [0.25, 0.3) is 0 Å². The predicted molar refractivity (Wildman–Crippen MR) is 108 cm³/mol. The first-order valence-corrected chi connectivity index (χ1v) is 10.4. The average molecular weight is 458 g/mol. The Morgan fingerprint density at radius 3 is 1.55 bits per heavy atom. The maximum atomic E-state index is 10.2. The quantitative estimate of drug-likeness (QED) is 0.0612. The summed E-state index contributed by atoms with van der Waals surface area (Å²) < 4.78 is 10.6. The van der Waals surface area contributed by atoms with E-state index in [9.17, 15) is 35.4 Å². The zero-order valence-electron chi connectivity index (χ0n) is 17.8. The van der Waals surface area contributed by atoms with Crippen LogP contribution in [0.4, 0.5) is 0 Å². The number of carbonyl (C=O) groups is 1. The number of hydrogen-bond acceptors (Lipinski definition) is 12. The second-order valence-electron chi connectivity index (χ2n) is 7.21. The number of rotatable bonds is 21. The molecule has 6 atom stereocenters. The first kappa shape index (κ1) is 30.2. The summed E-state index contributed by atoms with van der Waals surface area (Å²) in [5.41, 5.74) is 0. The predicted octanol–water partition coefficient (Wildman–Crippen LogP) is -4.16. The van der Waals surface area contributed by atoms with E-state index in [2.05, 4.69) is 0 Å². The average Bonchev–Trinajstić information content (AvgIpc) is 2.74. The third kappa shape index (κ3) is 14.1. The second kappa shape index (κ2) is 18.8. The van der Waals surface area contributed by atoms with Gasteiger partial charge in [-0.1, -0.05) is 0 Å². The van der Waals surface area contributed by atoms with E-state index in [0.29, 0.717) is 13.0 Å². The Kier molecular flexibility index (Phi) is 18.3. The lowest BCUT2D eigenvalue weighted by atomic mass is 10.0. The van der Waals surface area contributed by atoms with Gasteiger partial charge in [-0.2, -0.15) is 0 Å². The van der Waals surface area contributed by atoms with Gasteiger partial charge in [0.15, 0.2) is 0 Å². The highest BCUT2D eigenvalue weighted by molar-refractivity contribution is 5.49. The van der Waals surface area contributed by atoms with Gasteiger partial charge in [0.25, 0.3) is 0 Å². The Balaban J connectivity index is 4.71. The molecule has 12 heteroatoms. The number of nitrogens with zero attached hydrogens (tertiary/aromatic N) is 1. The smallest absolute Gasteiger partial charge is 0.122 e. The molecule has 8 N–H and O–H groups in total. The molecule has 0 saturated heterocycles. The third-order valence-corrected chi connectivity index (χ3v) is 4.62. The van der Waals surface area contributed by atoms with Crippen LogP contribution >= 0.6 is 0 Å². The Bertz CT molecular complexity index is 406. The molecular weight excluding hydrogens is 418 g/mol. The molecule has 0 bridgehead atoms. The van der Waals surface area contributed by atoms with Crippen LogP contribution < -0.4 is 0 Å². The van der Waals surface area contributed by atoms with E-state index >= 15 is 0 Å². The van der Waals surface area contributed by atoms with Crippen molar-refractivity contribution in [1.82, 2.24) is 4.90 Å². The van der Waals surface area contributed by atoms with Crippen molar-refractivity contribution < 1.29 is 55.1 Å². The highest BCUT2D eigenvalue weighted by Gasteiger charge is 2.30. The monoisotopic (exact) mass is 457 g/mol. The normalized spacial score (nSPS) is 17.8. The van der Waals surface area contributed by atoms with Gasteiger partial charge in [0.2, 0.25) is 0 Å². The zero-order valence-corrected chi connectivity index (χ0v) is 17.8. The number of carbonyl (C=O) groups excluding carboxylic acids is 1. The van der Waals surface area contributed by atoms with E-state index in [4.69, 9.17) is 19.7 Å². The van der Waals surface area contributed by atoms with Gasteiger partial charge >= 0.3 is 0 Å². The maximum absolute atomic E-state index is 10.2. The highest BCUT2D eigenvalue weighted by atomic mass is 16.5. The lowest BCUT2D eigenvalue weighted by Crippen LogP contribution is -2.50. The van der Waals surface area contributed by atoms with Gasteiger partial charge in [-0.15, -0.1) is 0 Å². The van der Waals surface area contributed by atoms with E-state index in [0.717, 1.165) is 6.29 Å². The molecule has 6 unspecified atom stereocenters. The molecule has 186 valence electrons. The van der Waals surface area contributed by atoms with Crippen LogP contribution in [-0.4, -0.2) is 148 Å². The number of hydrogen-bond donors (Lipinski definition) is 8. The van der Waals surface area contributed by atoms with E-state index < -0.39 is 36.6 Å². The first-order chi connectivity index (χ1) is 14.8. The Hall–Kier alpha value is -0.770. The largest absolute Gasteiger partial charge is 0.396 e. The number of aldehydes is 1. The van der Waals surface area contributed by atoms with Gasteiger partial charge in [-0.25, -0.2) is 0 Å². The van der Waals surface area contributed by atoms with E-state index in [1.54, 1.807) is 0 Å². The molecule has 31 heavy (non-hydrogen) atoms. The summed E-state index contributed by atoms with van der Waals surface area (Å²) >= 11 is 0. The third-order valence-electron chi connectivity index (χ3n) is 4.62.